The third-order valence-electron chi connectivity index (χ3n) is 2.74. The highest BCUT2D eigenvalue weighted by Gasteiger charge is 2.12. The van der Waals surface area contributed by atoms with E-state index in [0.29, 0.717) is 0 Å². The average molecular weight is 323 g/mol. The van der Waals surface area contributed by atoms with E-state index in [-0.39, 0.29) is 12.2 Å². The number of aliphatic hydroxyl groups is 2. The molecule has 1 rings (SSSR count). The molecule has 0 bridgehead atoms. The topological polar surface area (TPSA) is 46.9 Å². The third kappa shape index (κ3) is 28.1. The molecule has 22 heavy (non-hydrogen) atoms. The number of nitrogens with zero attached hydrogens (tertiary/aromatic N) is 2. The van der Waals surface area contributed by atoms with Crippen molar-refractivity contribution in [2.75, 3.05) is 40.8 Å². The molecule has 1 unspecified atom stereocenters. The van der Waals surface area contributed by atoms with Crippen LogP contribution in [0, 0.1) is 0 Å². The summed E-state index contributed by atoms with van der Waals surface area (Å²) in [5.74, 6) is 0. The fourth-order valence-electron chi connectivity index (χ4n) is 1.55. The van der Waals surface area contributed by atoms with Crippen LogP contribution < -0.4 is 0 Å². The summed E-state index contributed by atoms with van der Waals surface area (Å²) in [7, 11) is 6.00. The van der Waals surface area contributed by atoms with Crippen LogP contribution in [0.4, 0.5) is 0 Å². The predicted molar refractivity (Wildman–Crippen MR) is 102 cm³/mol. The molecule has 0 aliphatic carbocycles. The standard InChI is InChI=1S/C6H13NO.C6H15NO.3C2H6/c1-7-4-2-6(8)3-5-7;1-4-6(8)5-7(2)3;3*1-2/h6,8H,2-5H2,1H3;6,8H,4-5H2,1-3H3;3*1-2H3. The minimum Gasteiger partial charge on any atom is -0.393 e. The summed E-state index contributed by atoms with van der Waals surface area (Å²) >= 11 is 0. The minimum absolute atomic E-state index is 0.0220. The SMILES string of the molecule is CC.CC.CC.CCC(O)CN(C)C.CN1CCC(O)CC1. The fourth-order valence-corrected chi connectivity index (χ4v) is 1.55. The number of piperidine rings is 1. The first-order valence-corrected chi connectivity index (χ1v) is 9.15. The molecule has 1 heterocycles. The van der Waals surface area contributed by atoms with Crippen molar-refractivity contribution in [3.63, 3.8) is 0 Å². The average Bonchev–Trinajstić information content (AvgIpc) is 2.56. The van der Waals surface area contributed by atoms with Gasteiger partial charge >= 0.3 is 0 Å². The Kier molecular flexibility index (Phi) is 34.9. The highest BCUT2D eigenvalue weighted by atomic mass is 16.3. The molecule has 0 spiro atoms. The first-order valence-electron chi connectivity index (χ1n) is 9.15. The number of rotatable bonds is 3. The zero-order chi connectivity index (χ0) is 18.6. The van der Waals surface area contributed by atoms with Gasteiger partial charge in [0.2, 0.25) is 0 Å². The summed E-state index contributed by atoms with van der Waals surface area (Å²) in [5, 5.41) is 18.0. The molecule has 1 atom stereocenters. The maximum atomic E-state index is 9.00. The maximum Gasteiger partial charge on any atom is 0.0664 e. The van der Waals surface area contributed by atoms with Crippen LogP contribution in [0.5, 0.6) is 0 Å². The molecule has 1 fully saturated rings. The van der Waals surface area contributed by atoms with Crippen molar-refractivity contribution in [1.29, 1.82) is 0 Å². The lowest BCUT2D eigenvalue weighted by Crippen LogP contribution is -2.32. The molecule has 1 saturated heterocycles. The Hall–Kier alpha value is -0.160. The van der Waals surface area contributed by atoms with Gasteiger partial charge in [-0.3, -0.25) is 0 Å². The number of hydrogen-bond acceptors (Lipinski definition) is 4. The quantitative estimate of drug-likeness (QED) is 0.835. The van der Waals surface area contributed by atoms with Gasteiger partial charge in [-0.1, -0.05) is 48.5 Å². The molecule has 0 saturated carbocycles. The summed E-state index contributed by atoms with van der Waals surface area (Å²) in [5.41, 5.74) is 0. The van der Waals surface area contributed by atoms with Crippen molar-refractivity contribution >= 4 is 0 Å². The summed E-state index contributed by atoms with van der Waals surface area (Å²) in [6, 6.07) is 0. The van der Waals surface area contributed by atoms with Crippen molar-refractivity contribution in [3.05, 3.63) is 0 Å². The number of aliphatic hydroxyl groups excluding tert-OH is 2. The second-order valence-corrected chi connectivity index (χ2v) is 4.86. The van der Waals surface area contributed by atoms with Crippen LogP contribution in [0.25, 0.3) is 0 Å². The largest absolute Gasteiger partial charge is 0.393 e. The van der Waals surface area contributed by atoms with Gasteiger partial charge < -0.3 is 20.0 Å². The van der Waals surface area contributed by atoms with Crippen molar-refractivity contribution in [2.45, 2.75) is 79.9 Å². The highest BCUT2D eigenvalue weighted by molar-refractivity contribution is 4.67. The molecule has 0 aromatic rings. The smallest absolute Gasteiger partial charge is 0.0664 e. The number of hydrogen-bond donors (Lipinski definition) is 2. The Labute approximate surface area is 141 Å². The zero-order valence-electron chi connectivity index (χ0n) is 17.2. The van der Waals surface area contributed by atoms with E-state index in [1.54, 1.807) is 0 Å². The van der Waals surface area contributed by atoms with Crippen molar-refractivity contribution in [1.82, 2.24) is 9.80 Å². The molecule has 0 amide bonds. The van der Waals surface area contributed by atoms with Gasteiger partial charge in [-0.25, -0.2) is 0 Å². The molecule has 1 aliphatic heterocycles. The number of likely N-dealkylation sites (tertiary alicyclic amines) is 1. The lowest BCUT2D eigenvalue weighted by molar-refractivity contribution is 0.0942. The van der Waals surface area contributed by atoms with Crippen LogP contribution in [-0.2, 0) is 0 Å². The lowest BCUT2D eigenvalue weighted by Gasteiger charge is -2.25. The van der Waals surface area contributed by atoms with E-state index in [4.69, 9.17) is 10.2 Å². The summed E-state index contributed by atoms with van der Waals surface area (Å²) in [6.07, 6.45) is 2.58. The van der Waals surface area contributed by atoms with Crippen LogP contribution in [0.1, 0.15) is 67.7 Å². The van der Waals surface area contributed by atoms with Gasteiger partial charge in [0.25, 0.3) is 0 Å². The Morgan fingerprint density at radius 3 is 1.55 bits per heavy atom. The van der Waals surface area contributed by atoms with E-state index in [0.717, 1.165) is 38.9 Å². The fraction of sp³-hybridized carbons (Fsp3) is 1.00. The van der Waals surface area contributed by atoms with Gasteiger partial charge in [-0.15, -0.1) is 0 Å². The lowest BCUT2D eigenvalue weighted by atomic mass is 10.1. The molecule has 2 N–H and O–H groups in total. The predicted octanol–water partition coefficient (Wildman–Crippen LogP) is 3.47. The molecule has 140 valence electrons. The van der Waals surface area contributed by atoms with Gasteiger partial charge in [0.1, 0.15) is 0 Å². The van der Waals surface area contributed by atoms with Crippen LogP contribution in [-0.4, -0.2) is 73.0 Å². The van der Waals surface area contributed by atoms with Gasteiger partial charge in [-0.2, -0.15) is 0 Å². The van der Waals surface area contributed by atoms with E-state index >= 15 is 0 Å². The second-order valence-electron chi connectivity index (χ2n) is 4.86. The first kappa shape index (κ1) is 29.8. The Morgan fingerprint density at radius 2 is 1.36 bits per heavy atom. The van der Waals surface area contributed by atoms with E-state index in [9.17, 15) is 0 Å². The van der Waals surface area contributed by atoms with Crippen molar-refractivity contribution < 1.29 is 10.2 Å². The third-order valence-corrected chi connectivity index (χ3v) is 2.74. The summed E-state index contributed by atoms with van der Waals surface area (Å²) in [4.78, 5) is 4.22. The second kappa shape index (κ2) is 25.8. The molecule has 0 radical (unpaired) electrons. The van der Waals surface area contributed by atoms with E-state index in [1.807, 2.05) is 67.5 Å². The van der Waals surface area contributed by atoms with E-state index in [1.165, 1.54) is 0 Å². The molecular formula is C18H46N2O2. The molecular weight excluding hydrogens is 276 g/mol. The van der Waals surface area contributed by atoms with Crippen LogP contribution in [0.15, 0.2) is 0 Å². The van der Waals surface area contributed by atoms with Gasteiger partial charge in [0, 0.05) is 19.6 Å². The van der Waals surface area contributed by atoms with E-state index < -0.39 is 0 Å². The Morgan fingerprint density at radius 1 is 1.00 bits per heavy atom. The summed E-state index contributed by atoms with van der Waals surface area (Å²) in [6.45, 7) is 16.9. The molecule has 4 heteroatoms. The molecule has 0 aromatic carbocycles. The Bertz CT molecular complexity index is 149. The first-order chi connectivity index (χ1) is 10.5. The van der Waals surface area contributed by atoms with E-state index in [2.05, 4.69) is 11.9 Å². The monoisotopic (exact) mass is 322 g/mol. The molecule has 1 aliphatic rings. The van der Waals surface area contributed by atoms with Gasteiger partial charge in [0.05, 0.1) is 12.2 Å². The zero-order valence-corrected chi connectivity index (χ0v) is 17.2. The summed E-state index contributed by atoms with van der Waals surface area (Å²) < 4.78 is 0. The molecule has 4 nitrogen and oxygen atoms in total. The minimum atomic E-state index is -0.148. The molecule has 0 aromatic heterocycles. The highest BCUT2D eigenvalue weighted by Crippen LogP contribution is 2.06. The maximum absolute atomic E-state index is 9.00. The van der Waals surface area contributed by atoms with Crippen LogP contribution in [0.3, 0.4) is 0 Å². The van der Waals surface area contributed by atoms with Crippen molar-refractivity contribution in [2.24, 2.45) is 0 Å². The van der Waals surface area contributed by atoms with Gasteiger partial charge in [-0.05, 0) is 40.4 Å². The van der Waals surface area contributed by atoms with Crippen LogP contribution >= 0.6 is 0 Å². The normalized spacial score (nSPS) is 15.7. The van der Waals surface area contributed by atoms with Crippen LogP contribution in [0.2, 0.25) is 0 Å². The Balaban J connectivity index is -0.000000110. The van der Waals surface area contributed by atoms with Gasteiger partial charge in [0.15, 0.2) is 0 Å². The van der Waals surface area contributed by atoms with Crippen molar-refractivity contribution in [3.8, 4) is 0 Å². The number of likely N-dealkylation sites (N-methyl/N-ethyl adjacent to an activating group) is 1.